The third-order valence-electron chi connectivity index (χ3n) is 5.34. The monoisotopic (exact) mass is 505 g/mol. The van der Waals surface area contributed by atoms with Crippen molar-refractivity contribution in [2.75, 3.05) is 6.54 Å². The van der Waals surface area contributed by atoms with Crippen LogP contribution in [0, 0.1) is 17.0 Å². The van der Waals surface area contributed by atoms with Crippen LogP contribution in [0.1, 0.15) is 40.7 Å². The van der Waals surface area contributed by atoms with E-state index in [4.69, 9.17) is 23.1 Å². The number of aromatic hydroxyl groups is 1. The number of halogens is 1. The second-order valence-corrected chi connectivity index (χ2v) is 8.43. The number of rotatable bonds is 12. The first-order valence-corrected chi connectivity index (χ1v) is 11.2. The molecule has 0 fully saturated rings. The maximum Gasteiger partial charge on any atom is 0.323 e. The number of phenols is 1. The Labute approximate surface area is 207 Å². The summed E-state index contributed by atoms with van der Waals surface area (Å²) < 4.78 is 0. The summed E-state index contributed by atoms with van der Waals surface area (Å²) in [5.41, 5.74) is 10.7. The normalized spacial score (nSPS) is 12.4. The first-order valence-electron chi connectivity index (χ1n) is 10.9. The Kier molecular flexibility index (Phi) is 9.98. The molecule has 0 unspecified atom stereocenters. The lowest BCUT2D eigenvalue weighted by molar-refractivity contribution is -0.386. The van der Waals surface area contributed by atoms with Gasteiger partial charge in [0.05, 0.1) is 4.92 Å². The third kappa shape index (κ3) is 7.66. The molecule has 0 saturated heterocycles. The molecule has 0 aromatic heterocycles. The number of phenolic OH excluding ortho intramolecular Hbond substituents is 1. The van der Waals surface area contributed by atoms with E-state index in [1.165, 1.54) is 19.1 Å². The number of carbonyl (C=O) groups excluding carboxylic acids is 3. The fourth-order valence-electron chi connectivity index (χ4n) is 3.44. The van der Waals surface area contributed by atoms with Crippen molar-refractivity contribution in [3.63, 3.8) is 0 Å². The van der Waals surface area contributed by atoms with Gasteiger partial charge in [-0.15, -0.1) is 0 Å². The number of nitrogens with two attached hydrogens (primary N) is 2. The number of benzene rings is 2. The van der Waals surface area contributed by atoms with Crippen LogP contribution in [-0.4, -0.2) is 46.4 Å². The van der Waals surface area contributed by atoms with Crippen LogP contribution < -0.4 is 22.1 Å². The molecule has 11 nitrogen and oxygen atoms in total. The van der Waals surface area contributed by atoms with Crippen molar-refractivity contribution in [2.24, 2.45) is 11.5 Å². The number of amides is 3. The molecule has 2 aromatic carbocycles. The maximum atomic E-state index is 13.0. The molecule has 0 saturated carbocycles. The molecule has 12 heteroatoms. The van der Waals surface area contributed by atoms with Gasteiger partial charge in [0.1, 0.15) is 17.6 Å². The topological polar surface area (TPSA) is 191 Å². The molecule has 2 atom stereocenters. The number of unbranched alkanes of at least 4 members (excludes halogenated alkanes) is 1. The van der Waals surface area contributed by atoms with Crippen LogP contribution in [0.3, 0.4) is 0 Å². The lowest BCUT2D eigenvalue weighted by Gasteiger charge is -2.22. The highest BCUT2D eigenvalue weighted by Gasteiger charge is 2.30. The number of primary amides is 1. The van der Waals surface area contributed by atoms with Crippen molar-refractivity contribution in [1.82, 2.24) is 10.6 Å². The molecule has 0 aliphatic heterocycles. The quantitative estimate of drug-likeness (QED) is 0.164. The van der Waals surface area contributed by atoms with Gasteiger partial charge in [-0.25, -0.2) is 0 Å². The Balaban J connectivity index is 2.26. The van der Waals surface area contributed by atoms with E-state index < -0.39 is 51.7 Å². The highest BCUT2D eigenvalue weighted by Crippen LogP contribution is 2.33. The minimum atomic E-state index is -1.14. The van der Waals surface area contributed by atoms with Crippen molar-refractivity contribution >= 4 is 35.0 Å². The van der Waals surface area contributed by atoms with E-state index in [-0.39, 0.29) is 18.4 Å². The van der Waals surface area contributed by atoms with Crippen LogP contribution in [0.15, 0.2) is 36.4 Å². The lowest BCUT2D eigenvalue weighted by atomic mass is 10.0. The Hall–Kier alpha value is -3.70. The van der Waals surface area contributed by atoms with E-state index in [1.807, 2.05) is 0 Å². The van der Waals surface area contributed by atoms with Gasteiger partial charge in [0.25, 0.3) is 5.91 Å². The summed E-state index contributed by atoms with van der Waals surface area (Å²) in [6, 6.07) is 7.03. The van der Waals surface area contributed by atoms with E-state index in [0.717, 1.165) is 0 Å². The van der Waals surface area contributed by atoms with E-state index in [0.29, 0.717) is 30.0 Å². The minimum absolute atomic E-state index is 0.0718. The highest BCUT2D eigenvalue weighted by atomic mass is 35.5. The van der Waals surface area contributed by atoms with Gasteiger partial charge >= 0.3 is 5.69 Å². The van der Waals surface area contributed by atoms with Crippen LogP contribution in [0.4, 0.5) is 5.69 Å². The summed E-state index contributed by atoms with van der Waals surface area (Å²) in [5.74, 6) is -3.04. The van der Waals surface area contributed by atoms with Crippen molar-refractivity contribution in [3.05, 3.63) is 68.2 Å². The number of carbonyl (C=O) groups is 3. The van der Waals surface area contributed by atoms with Crippen LogP contribution in [0.5, 0.6) is 5.75 Å². The van der Waals surface area contributed by atoms with Crippen LogP contribution in [0.25, 0.3) is 0 Å². The average Bonchev–Trinajstić information content (AvgIpc) is 2.79. The first-order chi connectivity index (χ1) is 16.5. The van der Waals surface area contributed by atoms with E-state index in [2.05, 4.69) is 10.6 Å². The number of hydrogen-bond acceptors (Lipinski definition) is 7. The van der Waals surface area contributed by atoms with Gasteiger partial charge in [-0.3, -0.25) is 24.5 Å². The molecule has 188 valence electrons. The molecule has 0 aliphatic carbocycles. The first kappa shape index (κ1) is 27.5. The molecule has 35 heavy (non-hydrogen) atoms. The average molecular weight is 506 g/mol. The van der Waals surface area contributed by atoms with Gasteiger partial charge in [0.2, 0.25) is 11.8 Å². The van der Waals surface area contributed by atoms with Gasteiger partial charge in [-0.2, -0.15) is 0 Å². The van der Waals surface area contributed by atoms with Gasteiger partial charge < -0.3 is 27.2 Å². The Morgan fingerprint density at radius 3 is 2.46 bits per heavy atom. The number of nitro benzene ring substituents is 1. The molecule has 3 amide bonds. The van der Waals surface area contributed by atoms with Crippen molar-refractivity contribution < 1.29 is 24.4 Å². The van der Waals surface area contributed by atoms with E-state index >= 15 is 0 Å². The molecule has 2 aromatic rings. The molecule has 0 aliphatic rings. The third-order valence-corrected chi connectivity index (χ3v) is 5.57. The van der Waals surface area contributed by atoms with Gasteiger partial charge in [-0.05, 0) is 62.1 Å². The van der Waals surface area contributed by atoms with Gasteiger partial charge in [0, 0.05) is 11.4 Å². The smallest absolute Gasteiger partial charge is 0.323 e. The number of aryl methyl sites for hydroxylation is 1. The summed E-state index contributed by atoms with van der Waals surface area (Å²) in [6.07, 6.45) is 1.25. The molecule has 2 rings (SSSR count). The number of nitro groups is 1. The Bertz CT molecular complexity index is 1110. The predicted molar refractivity (Wildman–Crippen MR) is 130 cm³/mol. The SMILES string of the molecule is Cc1ccc(C(=O)N[C@@H](CCCCN)C(=O)N[C@@H](Cc2cccc(Cl)c2)C(N)=O)c([N+](=O)[O-])c1O. The molecular weight excluding hydrogens is 478 g/mol. The Morgan fingerprint density at radius 2 is 1.86 bits per heavy atom. The molecule has 0 bridgehead atoms. The summed E-state index contributed by atoms with van der Waals surface area (Å²) >= 11 is 5.98. The summed E-state index contributed by atoms with van der Waals surface area (Å²) in [6.45, 7) is 1.81. The zero-order valence-electron chi connectivity index (χ0n) is 19.1. The van der Waals surface area contributed by atoms with Crippen molar-refractivity contribution in [3.8, 4) is 5.75 Å². The molecule has 0 radical (unpaired) electrons. The number of hydrogen-bond donors (Lipinski definition) is 5. The zero-order chi connectivity index (χ0) is 26.1. The molecular formula is C23H28ClN5O6. The summed E-state index contributed by atoms with van der Waals surface area (Å²) in [5, 5.41) is 27.0. The Morgan fingerprint density at radius 1 is 1.14 bits per heavy atom. The van der Waals surface area contributed by atoms with Crippen LogP contribution >= 0.6 is 11.6 Å². The fraction of sp³-hybridized carbons (Fsp3) is 0.348. The highest BCUT2D eigenvalue weighted by molar-refractivity contribution is 6.30. The van der Waals surface area contributed by atoms with E-state index in [1.54, 1.807) is 24.3 Å². The van der Waals surface area contributed by atoms with Crippen molar-refractivity contribution in [1.29, 1.82) is 0 Å². The standard InChI is InChI=1S/C23H28ClN5O6/c1-13-8-9-16(19(20(13)30)29(34)35)22(32)27-17(7-2-3-10-25)23(33)28-18(21(26)31)12-14-5-4-6-15(24)11-14/h4-6,8-9,11,17-18,30H,2-3,7,10,12,25H2,1H3,(H2,26,31)(H,27,32)(H,28,33)/t17-,18-/m0/s1. The molecule has 0 spiro atoms. The molecule has 7 N–H and O–H groups in total. The summed E-state index contributed by atoms with van der Waals surface area (Å²) in [4.78, 5) is 48.5. The van der Waals surface area contributed by atoms with Gasteiger partial charge in [-0.1, -0.05) is 29.8 Å². The van der Waals surface area contributed by atoms with E-state index in [9.17, 15) is 29.6 Å². The van der Waals surface area contributed by atoms with Crippen LogP contribution in [-0.2, 0) is 16.0 Å². The maximum absolute atomic E-state index is 13.0. The number of nitrogens with zero attached hydrogens (tertiary/aromatic N) is 1. The lowest BCUT2D eigenvalue weighted by Crippen LogP contribution is -2.53. The predicted octanol–water partition coefficient (Wildman–Crippen LogP) is 1.70. The van der Waals surface area contributed by atoms with Gasteiger partial charge in [0.15, 0.2) is 5.75 Å². The van der Waals surface area contributed by atoms with Crippen LogP contribution in [0.2, 0.25) is 5.02 Å². The van der Waals surface area contributed by atoms with Crippen molar-refractivity contribution in [2.45, 2.75) is 44.7 Å². The zero-order valence-corrected chi connectivity index (χ0v) is 19.9. The molecule has 0 heterocycles. The number of nitrogens with one attached hydrogen (secondary N) is 2. The fourth-order valence-corrected chi connectivity index (χ4v) is 3.65. The summed E-state index contributed by atoms with van der Waals surface area (Å²) in [7, 11) is 0. The largest absolute Gasteiger partial charge is 0.502 e. The minimum Gasteiger partial charge on any atom is -0.502 e. The second-order valence-electron chi connectivity index (χ2n) is 7.99. The second kappa shape index (κ2) is 12.7.